The van der Waals surface area contributed by atoms with E-state index in [0.29, 0.717) is 12.6 Å². The maximum Gasteiger partial charge on any atom is 0.343 e. The molecule has 5 nitrogen and oxygen atoms in total. The Morgan fingerprint density at radius 3 is 3.25 bits per heavy atom. The molecular weight excluding hydrogens is 156 g/mol. The summed E-state index contributed by atoms with van der Waals surface area (Å²) >= 11 is 0. The predicted octanol–water partition coefficient (Wildman–Crippen LogP) is -0.677. The third kappa shape index (κ3) is 1.40. The van der Waals surface area contributed by atoms with E-state index in [1.54, 1.807) is 0 Å². The summed E-state index contributed by atoms with van der Waals surface area (Å²) in [5.41, 5.74) is -0.122. The van der Waals surface area contributed by atoms with Gasteiger partial charge in [0.25, 0.3) is 0 Å². The highest BCUT2D eigenvalue weighted by molar-refractivity contribution is 4.75. The van der Waals surface area contributed by atoms with Gasteiger partial charge >= 0.3 is 5.69 Å². The largest absolute Gasteiger partial charge is 0.343 e. The Morgan fingerprint density at radius 2 is 2.67 bits per heavy atom. The molecule has 0 spiro atoms. The van der Waals surface area contributed by atoms with Crippen LogP contribution in [0.4, 0.5) is 0 Å². The second-order valence-electron chi connectivity index (χ2n) is 3.07. The van der Waals surface area contributed by atoms with Gasteiger partial charge in [-0.15, -0.1) is 0 Å². The lowest BCUT2D eigenvalue weighted by molar-refractivity contribution is 0.465. The second kappa shape index (κ2) is 3.10. The minimum atomic E-state index is -0.122. The van der Waals surface area contributed by atoms with Crippen LogP contribution >= 0.6 is 0 Å². The minimum Gasteiger partial charge on any atom is -0.312 e. The van der Waals surface area contributed by atoms with Crippen molar-refractivity contribution in [1.29, 1.82) is 0 Å². The maximum atomic E-state index is 11.0. The van der Waals surface area contributed by atoms with Crippen LogP contribution in [-0.2, 0) is 6.54 Å². The minimum absolute atomic E-state index is 0.122. The van der Waals surface area contributed by atoms with E-state index in [-0.39, 0.29) is 5.69 Å². The normalized spacial score (nSPS) is 23.2. The van der Waals surface area contributed by atoms with E-state index < -0.39 is 0 Å². The molecule has 0 amide bonds. The third-order valence-electron chi connectivity index (χ3n) is 2.18. The average Bonchev–Trinajstić information content (AvgIpc) is 2.65. The molecule has 66 valence electrons. The van der Waals surface area contributed by atoms with Gasteiger partial charge in [0.15, 0.2) is 0 Å². The number of aromatic amines is 1. The fourth-order valence-corrected chi connectivity index (χ4v) is 1.53. The van der Waals surface area contributed by atoms with Crippen LogP contribution in [0.3, 0.4) is 0 Å². The van der Waals surface area contributed by atoms with E-state index in [2.05, 4.69) is 15.4 Å². The molecule has 2 rings (SSSR count). The topological polar surface area (TPSA) is 62.7 Å². The lowest BCUT2D eigenvalue weighted by Gasteiger charge is -2.07. The SMILES string of the molecule is O=c1[nH]cnn1CC1CCCN1. The first kappa shape index (κ1) is 7.54. The summed E-state index contributed by atoms with van der Waals surface area (Å²) in [6.07, 6.45) is 3.76. The van der Waals surface area contributed by atoms with Crippen molar-refractivity contribution >= 4 is 0 Å². The zero-order chi connectivity index (χ0) is 8.39. The Kier molecular flexibility index (Phi) is 1.95. The Balaban J connectivity index is 2.03. The molecule has 1 aromatic rings. The molecule has 1 atom stereocenters. The van der Waals surface area contributed by atoms with Crippen molar-refractivity contribution in [2.24, 2.45) is 0 Å². The number of nitrogens with zero attached hydrogens (tertiary/aromatic N) is 2. The van der Waals surface area contributed by atoms with Gasteiger partial charge in [0, 0.05) is 6.04 Å². The highest BCUT2D eigenvalue weighted by Crippen LogP contribution is 2.05. The van der Waals surface area contributed by atoms with Crippen molar-refractivity contribution in [1.82, 2.24) is 20.1 Å². The number of nitrogens with one attached hydrogen (secondary N) is 2. The van der Waals surface area contributed by atoms with Crippen LogP contribution in [0, 0.1) is 0 Å². The molecule has 12 heavy (non-hydrogen) atoms. The Hall–Kier alpha value is -1.10. The van der Waals surface area contributed by atoms with Crippen molar-refractivity contribution in [3.63, 3.8) is 0 Å². The van der Waals surface area contributed by atoms with Gasteiger partial charge < -0.3 is 5.32 Å². The molecule has 1 aromatic heterocycles. The van der Waals surface area contributed by atoms with E-state index in [1.807, 2.05) is 0 Å². The van der Waals surface area contributed by atoms with Gasteiger partial charge in [-0.05, 0) is 19.4 Å². The van der Waals surface area contributed by atoms with Crippen LogP contribution in [-0.4, -0.2) is 27.4 Å². The summed E-state index contributed by atoms with van der Waals surface area (Å²) in [4.78, 5) is 13.5. The van der Waals surface area contributed by atoms with Crippen molar-refractivity contribution < 1.29 is 0 Å². The van der Waals surface area contributed by atoms with Crippen molar-refractivity contribution in [2.75, 3.05) is 6.54 Å². The Bertz CT molecular complexity index is 296. The fourth-order valence-electron chi connectivity index (χ4n) is 1.53. The molecule has 1 aliphatic rings. The van der Waals surface area contributed by atoms with E-state index in [9.17, 15) is 4.79 Å². The maximum absolute atomic E-state index is 11.0. The molecule has 1 unspecified atom stereocenters. The van der Waals surface area contributed by atoms with Crippen LogP contribution in [0.1, 0.15) is 12.8 Å². The summed E-state index contributed by atoms with van der Waals surface area (Å²) in [7, 11) is 0. The van der Waals surface area contributed by atoms with Crippen LogP contribution in [0.2, 0.25) is 0 Å². The lowest BCUT2D eigenvalue weighted by atomic mass is 10.2. The summed E-state index contributed by atoms with van der Waals surface area (Å²) in [6, 6.07) is 0.422. The number of hydrogen-bond donors (Lipinski definition) is 2. The van der Waals surface area contributed by atoms with Crippen LogP contribution < -0.4 is 11.0 Å². The number of H-pyrrole nitrogens is 1. The standard InChI is InChI=1S/C7H12N4O/c12-7-9-5-10-11(7)4-6-2-1-3-8-6/h5-6,8H,1-4H2,(H,9,10,12). The molecule has 0 aliphatic carbocycles. The third-order valence-corrected chi connectivity index (χ3v) is 2.18. The lowest BCUT2D eigenvalue weighted by Crippen LogP contribution is -2.31. The van der Waals surface area contributed by atoms with E-state index in [4.69, 9.17) is 0 Å². The van der Waals surface area contributed by atoms with Crippen molar-refractivity contribution in [2.45, 2.75) is 25.4 Å². The number of aromatic nitrogens is 3. The molecule has 1 fully saturated rings. The average molecular weight is 168 g/mol. The van der Waals surface area contributed by atoms with Crippen LogP contribution in [0.5, 0.6) is 0 Å². The molecule has 0 radical (unpaired) electrons. The first-order valence-corrected chi connectivity index (χ1v) is 4.20. The number of hydrogen-bond acceptors (Lipinski definition) is 3. The molecule has 1 saturated heterocycles. The van der Waals surface area contributed by atoms with Gasteiger partial charge in [-0.25, -0.2) is 9.48 Å². The quantitative estimate of drug-likeness (QED) is 0.615. The Morgan fingerprint density at radius 1 is 1.75 bits per heavy atom. The zero-order valence-electron chi connectivity index (χ0n) is 6.79. The van der Waals surface area contributed by atoms with Crippen molar-refractivity contribution in [3.05, 3.63) is 16.8 Å². The monoisotopic (exact) mass is 168 g/mol. The van der Waals surface area contributed by atoms with Gasteiger partial charge in [-0.1, -0.05) is 0 Å². The van der Waals surface area contributed by atoms with E-state index >= 15 is 0 Å². The van der Waals surface area contributed by atoms with Gasteiger partial charge in [-0.3, -0.25) is 4.98 Å². The van der Waals surface area contributed by atoms with Gasteiger partial charge in [0.1, 0.15) is 6.33 Å². The predicted molar refractivity (Wildman–Crippen MR) is 43.9 cm³/mol. The summed E-state index contributed by atoms with van der Waals surface area (Å²) in [5, 5.41) is 7.20. The zero-order valence-corrected chi connectivity index (χ0v) is 6.79. The van der Waals surface area contributed by atoms with Crippen LogP contribution in [0.15, 0.2) is 11.1 Å². The Labute approximate surface area is 69.8 Å². The molecule has 0 saturated carbocycles. The van der Waals surface area contributed by atoms with E-state index in [1.165, 1.54) is 17.4 Å². The first-order valence-electron chi connectivity index (χ1n) is 4.20. The highest BCUT2D eigenvalue weighted by Gasteiger charge is 2.15. The summed E-state index contributed by atoms with van der Waals surface area (Å²) in [6.45, 7) is 1.74. The molecule has 5 heteroatoms. The molecule has 1 aliphatic heterocycles. The van der Waals surface area contributed by atoms with Crippen LogP contribution in [0.25, 0.3) is 0 Å². The van der Waals surface area contributed by atoms with E-state index in [0.717, 1.165) is 13.0 Å². The molecule has 2 N–H and O–H groups in total. The highest BCUT2D eigenvalue weighted by atomic mass is 16.1. The van der Waals surface area contributed by atoms with Gasteiger partial charge in [0.2, 0.25) is 0 Å². The molecular formula is C7H12N4O. The first-order chi connectivity index (χ1) is 5.86. The summed E-state index contributed by atoms with van der Waals surface area (Å²) in [5.74, 6) is 0. The van der Waals surface area contributed by atoms with Gasteiger partial charge in [-0.2, -0.15) is 5.10 Å². The van der Waals surface area contributed by atoms with Crippen molar-refractivity contribution in [3.8, 4) is 0 Å². The summed E-state index contributed by atoms with van der Waals surface area (Å²) < 4.78 is 1.46. The fraction of sp³-hybridized carbons (Fsp3) is 0.714. The molecule has 0 bridgehead atoms. The smallest absolute Gasteiger partial charge is 0.312 e. The molecule has 2 heterocycles. The molecule has 0 aromatic carbocycles. The van der Waals surface area contributed by atoms with Gasteiger partial charge in [0.05, 0.1) is 6.54 Å². The number of rotatable bonds is 2. The second-order valence-corrected chi connectivity index (χ2v) is 3.07.